The molecule has 1 aliphatic rings. The second-order valence-corrected chi connectivity index (χ2v) is 12.0. The lowest BCUT2D eigenvalue weighted by molar-refractivity contribution is 0.410. The summed E-state index contributed by atoms with van der Waals surface area (Å²) in [6.45, 7) is 3.70. The van der Waals surface area contributed by atoms with E-state index in [1.54, 1.807) is 36.7 Å². The van der Waals surface area contributed by atoms with Crippen LogP contribution in [-0.4, -0.2) is 35.5 Å². The Balaban J connectivity index is 1.37. The molecule has 1 fully saturated rings. The van der Waals surface area contributed by atoms with Crippen molar-refractivity contribution in [3.63, 3.8) is 0 Å². The van der Waals surface area contributed by atoms with Crippen molar-refractivity contribution in [2.75, 3.05) is 10.0 Å². The third kappa shape index (κ3) is 6.35. The Morgan fingerprint density at radius 1 is 0.950 bits per heavy atom. The Hall–Kier alpha value is -3.73. The fraction of sp³-hybridized carbons (Fsp3) is 0.276. The van der Waals surface area contributed by atoms with Gasteiger partial charge in [0.05, 0.1) is 16.3 Å². The summed E-state index contributed by atoms with van der Waals surface area (Å²) < 4.78 is 34.8. The van der Waals surface area contributed by atoms with Crippen LogP contribution >= 0.6 is 11.6 Å². The minimum Gasteiger partial charge on any atom is -0.438 e. The first kappa shape index (κ1) is 27.8. The normalized spacial score (nSPS) is 17.3. The van der Waals surface area contributed by atoms with Gasteiger partial charge in [-0.15, -0.1) is 0 Å². The van der Waals surface area contributed by atoms with Gasteiger partial charge in [-0.1, -0.05) is 23.7 Å². The zero-order valence-corrected chi connectivity index (χ0v) is 23.8. The number of rotatable bonds is 8. The maximum absolute atomic E-state index is 12.9. The third-order valence-corrected chi connectivity index (χ3v) is 8.73. The van der Waals surface area contributed by atoms with Crippen LogP contribution in [0.25, 0.3) is 11.3 Å². The first-order chi connectivity index (χ1) is 19.2. The summed E-state index contributed by atoms with van der Waals surface area (Å²) in [5.41, 5.74) is 9.29. The van der Waals surface area contributed by atoms with Crippen LogP contribution < -0.4 is 20.5 Å². The van der Waals surface area contributed by atoms with Crippen molar-refractivity contribution < 1.29 is 13.2 Å². The molecule has 0 bridgehead atoms. The topological polar surface area (TPSA) is 132 Å². The molecule has 0 saturated heterocycles. The molecule has 2 aromatic heterocycles. The average molecular weight is 579 g/mol. The molecule has 1 aliphatic carbocycles. The second kappa shape index (κ2) is 11.8. The van der Waals surface area contributed by atoms with Gasteiger partial charge in [0.1, 0.15) is 10.6 Å². The van der Waals surface area contributed by atoms with Gasteiger partial charge < -0.3 is 15.8 Å². The highest BCUT2D eigenvalue weighted by atomic mass is 35.5. The van der Waals surface area contributed by atoms with Crippen LogP contribution in [0.1, 0.15) is 36.8 Å². The summed E-state index contributed by atoms with van der Waals surface area (Å²) >= 11 is 6.12. The van der Waals surface area contributed by atoms with Crippen LogP contribution in [0.5, 0.6) is 11.6 Å². The van der Waals surface area contributed by atoms with E-state index in [4.69, 9.17) is 27.1 Å². The summed E-state index contributed by atoms with van der Waals surface area (Å²) in [4.78, 5) is 13.6. The molecule has 0 spiro atoms. The molecule has 0 radical (unpaired) electrons. The van der Waals surface area contributed by atoms with Gasteiger partial charge in [0.15, 0.2) is 0 Å². The lowest BCUT2D eigenvalue weighted by Gasteiger charge is -2.26. The van der Waals surface area contributed by atoms with E-state index in [-0.39, 0.29) is 16.0 Å². The van der Waals surface area contributed by atoms with Crippen LogP contribution in [-0.2, 0) is 10.0 Å². The highest BCUT2D eigenvalue weighted by Gasteiger charge is 2.21. The van der Waals surface area contributed by atoms with E-state index in [0.717, 1.165) is 36.8 Å². The number of pyridine rings is 1. The largest absolute Gasteiger partial charge is 0.438 e. The number of sulfonamides is 1. The van der Waals surface area contributed by atoms with E-state index in [0.29, 0.717) is 40.6 Å². The molecule has 2 heterocycles. The molecule has 0 atom stereocenters. The standard InChI is InChI=1S/C29H31ClN6O3S/c1-18-16-22(36-40(37,38)26-8-4-3-7-24(26)30)17-19(2)27(18)39-28-23(6-5-14-32-28)25-13-15-33-29(35-25)34-21-11-9-20(31)10-12-21/h3-8,13-17,20-21,36H,9-12,31H2,1-2H3,(H,33,34,35). The number of hydrogen-bond acceptors (Lipinski definition) is 8. The van der Waals surface area contributed by atoms with Crippen LogP contribution in [0.4, 0.5) is 11.6 Å². The number of benzene rings is 2. The monoisotopic (exact) mass is 578 g/mol. The van der Waals surface area contributed by atoms with Gasteiger partial charge >= 0.3 is 0 Å². The minimum absolute atomic E-state index is 0.0104. The zero-order chi connectivity index (χ0) is 28.3. The number of nitrogens with two attached hydrogens (primary N) is 1. The lowest BCUT2D eigenvalue weighted by Crippen LogP contribution is -2.33. The Kier molecular flexibility index (Phi) is 8.20. The molecule has 40 heavy (non-hydrogen) atoms. The molecule has 4 N–H and O–H groups in total. The first-order valence-corrected chi connectivity index (χ1v) is 14.9. The van der Waals surface area contributed by atoms with Crippen molar-refractivity contribution >= 4 is 33.3 Å². The van der Waals surface area contributed by atoms with Crippen molar-refractivity contribution in [1.82, 2.24) is 15.0 Å². The van der Waals surface area contributed by atoms with Gasteiger partial charge in [0, 0.05) is 30.2 Å². The van der Waals surface area contributed by atoms with E-state index < -0.39 is 10.0 Å². The maximum Gasteiger partial charge on any atom is 0.263 e. The fourth-order valence-electron chi connectivity index (χ4n) is 4.83. The van der Waals surface area contributed by atoms with Crippen LogP contribution in [0.15, 0.2) is 71.9 Å². The number of halogens is 1. The van der Waals surface area contributed by atoms with Gasteiger partial charge in [-0.3, -0.25) is 4.72 Å². The lowest BCUT2D eigenvalue weighted by atomic mass is 9.92. The summed E-state index contributed by atoms with van der Waals surface area (Å²) in [6, 6.07) is 15.8. The summed E-state index contributed by atoms with van der Waals surface area (Å²) in [7, 11) is -3.87. The van der Waals surface area contributed by atoms with Gasteiger partial charge in [0.25, 0.3) is 10.0 Å². The quantitative estimate of drug-likeness (QED) is 0.229. The summed E-state index contributed by atoms with van der Waals surface area (Å²) in [6.07, 6.45) is 7.31. The molecule has 0 unspecified atom stereocenters. The minimum atomic E-state index is -3.87. The number of aromatic nitrogens is 3. The summed E-state index contributed by atoms with van der Waals surface area (Å²) in [5, 5.41) is 3.59. The SMILES string of the molecule is Cc1cc(NS(=O)(=O)c2ccccc2Cl)cc(C)c1Oc1ncccc1-c1ccnc(NC2CCC(N)CC2)n1. The third-order valence-electron chi connectivity index (χ3n) is 6.85. The smallest absolute Gasteiger partial charge is 0.263 e. The highest BCUT2D eigenvalue weighted by Crippen LogP contribution is 2.36. The number of nitrogens with one attached hydrogen (secondary N) is 2. The predicted octanol–water partition coefficient (Wildman–Crippen LogP) is 6.08. The number of aryl methyl sites for hydroxylation is 2. The van der Waals surface area contributed by atoms with Crippen LogP contribution in [0.2, 0.25) is 5.02 Å². The van der Waals surface area contributed by atoms with Crippen molar-refractivity contribution in [2.24, 2.45) is 5.73 Å². The Morgan fingerprint density at radius 3 is 2.40 bits per heavy atom. The van der Waals surface area contributed by atoms with E-state index in [2.05, 4.69) is 20.0 Å². The molecule has 208 valence electrons. The first-order valence-electron chi connectivity index (χ1n) is 13.1. The zero-order valence-electron chi connectivity index (χ0n) is 22.3. The Morgan fingerprint density at radius 2 is 1.68 bits per heavy atom. The van der Waals surface area contributed by atoms with Crippen molar-refractivity contribution in [1.29, 1.82) is 0 Å². The predicted molar refractivity (Wildman–Crippen MR) is 157 cm³/mol. The van der Waals surface area contributed by atoms with E-state index in [1.807, 2.05) is 32.0 Å². The fourth-order valence-corrected chi connectivity index (χ4v) is 6.39. The van der Waals surface area contributed by atoms with E-state index in [1.165, 1.54) is 12.1 Å². The molecule has 11 heteroatoms. The molecular weight excluding hydrogens is 548 g/mol. The van der Waals surface area contributed by atoms with Crippen LogP contribution in [0, 0.1) is 13.8 Å². The molecule has 1 saturated carbocycles. The van der Waals surface area contributed by atoms with Gasteiger partial charge in [-0.25, -0.2) is 23.4 Å². The maximum atomic E-state index is 12.9. The molecule has 4 aromatic rings. The van der Waals surface area contributed by atoms with Gasteiger partial charge in [-0.2, -0.15) is 0 Å². The molecule has 2 aromatic carbocycles. The molecule has 5 rings (SSSR count). The molecule has 0 amide bonds. The van der Waals surface area contributed by atoms with Crippen molar-refractivity contribution in [3.05, 3.63) is 83.1 Å². The highest BCUT2D eigenvalue weighted by molar-refractivity contribution is 7.92. The molecule has 9 nitrogen and oxygen atoms in total. The Labute approximate surface area is 239 Å². The van der Waals surface area contributed by atoms with Gasteiger partial charge in [0.2, 0.25) is 11.8 Å². The average Bonchev–Trinajstić information content (AvgIpc) is 2.92. The molecular formula is C29H31ClN6O3S. The van der Waals surface area contributed by atoms with Crippen molar-refractivity contribution in [2.45, 2.75) is 56.5 Å². The number of nitrogens with zero attached hydrogens (tertiary/aromatic N) is 3. The second-order valence-electron chi connectivity index (χ2n) is 9.95. The number of ether oxygens (including phenoxy) is 1. The van der Waals surface area contributed by atoms with Gasteiger partial charge in [-0.05, 0) is 93.1 Å². The molecule has 0 aliphatic heterocycles. The van der Waals surface area contributed by atoms with E-state index >= 15 is 0 Å². The Bertz CT molecular complexity index is 1600. The number of hydrogen-bond donors (Lipinski definition) is 3. The van der Waals surface area contributed by atoms with Crippen molar-refractivity contribution in [3.8, 4) is 22.9 Å². The summed E-state index contributed by atoms with van der Waals surface area (Å²) in [5.74, 6) is 1.51. The van der Waals surface area contributed by atoms with E-state index in [9.17, 15) is 8.42 Å². The number of anilines is 2. The van der Waals surface area contributed by atoms with Crippen LogP contribution in [0.3, 0.4) is 0 Å².